The second-order valence-corrected chi connectivity index (χ2v) is 8.27. The van der Waals surface area contributed by atoms with Crippen molar-refractivity contribution in [1.82, 2.24) is 9.67 Å². The van der Waals surface area contributed by atoms with E-state index in [0.29, 0.717) is 18.0 Å². The van der Waals surface area contributed by atoms with Gasteiger partial charge in [0.05, 0.1) is 0 Å². The Bertz CT molecular complexity index is 773. The van der Waals surface area contributed by atoms with E-state index in [0.717, 1.165) is 18.4 Å². The summed E-state index contributed by atoms with van der Waals surface area (Å²) in [5.41, 5.74) is -1.97. The third-order valence-electron chi connectivity index (χ3n) is 6.17. The van der Waals surface area contributed by atoms with Crippen molar-refractivity contribution < 1.29 is 14.9 Å². The third-order valence-corrected chi connectivity index (χ3v) is 6.42. The minimum atomic E-state index is -1.26. The number of halogens is 1. The molecule has 128 valence electrons. The zero-order chi connectivity index (χ0) is 17.2. The van der Waals surface area contributed by atoms with Crippen molar-refractivity contribution >= 4 is 11.6 Å². The highest BCUT2D eigenvalue weighted by atomic mass is 35.5. The van der Waals surface area contributed by atoms with Crippen LogP contribution >= 0.6 is 11.6 Å². The molecule has 2 aliphatic rings. The van der Waals surface area contributed by atoms with Gasteiger partial charge in [0.25, 0.3) is 0 Å². The van der Waals surface area contributed by atoms with Crippen LogP contribution in [0, 0.1) is 5.41 Å². The lowest BCUT2D eigenvalue weighted by Crippen LogP contribution is -2.78. The molecule has 24 heavy (non-hydrogen) atoms. The number of hydrogen-bond donors (Lipinski definition) is 2. The van der Waals surface area contributed by atoms with Gasteiger partial charge in [-0.25, -0.2) is 0 Å². The molecule has 0 radical (unpaired) electrons. The van der Waals surface area contributed by atoms with Gasteiger partial charge in [-0.3, -0.25) is 0 Å². The van der Waals surface area contributed by atoms with E-state index in [4.69, 9.17) is 11.6 Å². The van der Waals surface area contributed by atoms with Crippen LogP contribution in [0.25, 0.3) is 0 Å². The average Bonchev–Trinajstić information content (AvgIpc) is 2.95. The zero-order valence-electron chi connectivity index (χ0n) is 14.0. The van der Waals surface area contributed by atoms with E-state index in [-0.39, 0.29) is 0 Å². The second-order valence-electron chi connectivity index (χ2n) is 7.83. The van der Waals surface area contributed by atoms with Gasteiger partial charge in [0.1, 0.15) is 23.8 Å². The van der Waals surface area contributed by atoms with Gasteiger partial charge in [0.2, 0.25) is 6.33 Å². The van der Waals surface area contributed by atoms with Crippen molar-refractivity contribution in [2.75, 3.05) is 0 Å². The molecular formula is C18H23ClN3O2+. The van der Waals surface area contributed by atoms with Gasteiger partial charge in [0.15, 0.2) is 0 Å². The Balaban J connectivity index is 1.95. The maximum Gasteiger partial charge on any atom is 0.306 e. The predicted octanol–water partition coefficient (Wildman–Crippen LogP) is 2.10. The molecule has 2 aromatic rings. The first-order chi connectivity index (χ1) is 11.3. The van der Waals surface area contributed by atoms with Crippen LogP contribution in [0.15, 0.2) is 36.9 Å². The standard InChI is InChI=1S/C18H23ClN3O2/c1-16(2)8-3-9-17(23)15(13-4-6-14(19)7-5-13)22-12-20-11-21(22)10-18(16,17)24/h4-7,11-12,15,23-24H,3,8-10H2,1-2H3/q+1/t15-,17-,18-/m1/s1. The van der Waals surface area contributed by atoms with Crippen LogP contribution in [0.3, 0.4) is 0 Å². The molecule has 1 fully saturated rings. The smallest absolute Gasteiger partial charge is 0.306 e. The number of hydrogen-bond acceptors (Lipinski definition) is 3. The number of rotatable bonds is 1. The number of nitrogens with zero attached hydrogens (tertiary/aromatic N) is 3. The molecule has 2 N–H and O–H groups in total. The highest BCUT2D eigenvalue weighted by Crippen LogP contribution is 2.56. The molecule has 0 bridgehead atoms. The Hall–Kier alpha value is -1.43. The summed E-state index contributed by atoms with van der Waals surface area (Å²) in [5, 5.41) is 24.1. The van der Waals surface area contributed by atoms with E-state index in [9.17, 15) is 10.2 Å². The fourth-order valence-corrected chi connectivity index (χ4v) is 4.80. The first-order valence-electron chi connectivity index (χ1n) is 8.40. The molecule has 1 saturated carbocycles. The Labute approximate surface area is 146 Å². The fourth-order valence-electron chi connectivity index (χ4n) is 4.68. The molecule has 2 heterocycles. The number of aliphatic hydroxyl groups is 2. The van der Waals surface area contributed by atoms with Gasteiger partial charge in [0, 0.05) is 10.4 Å². The Morgan fingerprint density at radius 3 is 2.62 bits per heavy atom. The fraction of sp³-hybridized carbons (Fsp3) is 0.556. The lowest BCUT2D eigenvalue weighted by Gasteiger charge is -2.59. The molecule has 1 aliphatic carbocycles. The molecule has 0 spiro atoms. The van der Waals surface area contributed by atoms with Crippen LogP contribution in [-0.4, -0.2) is 31.1 Å². The van der Waals surface area contributed by atoms with Crippen LogP contribution in [-0.2, 0) is 6.54 Å². The topological polar surface area (TPSA) is 62.2 Å². The summed E-state index contributed by atoms with van der Waals surface area (Å²) in [6, 6.07) is 7.08. The maximum absolute atomic E-state index is 11.8. The van der Waals surface area contributed by atoms with Gasteiger partial charge in [-0.1, -0.05) is 37.6 Å². The molecule has 0 unspecified atom stereocenters. The average molecular weight is 349 g/mol. The molecular weight excluding hydrogens is 326 g/mol. The SMILES string of the molecule is CC1(C)CCC[C@@]2(O)[C@@H](c3ccc(Cl)cc3)n3cnc[n+]3C[C@@]12O. The molecule has 1 aliphatic heterocycles. The molecule has 4 rings (SSSR count). The minimum Gasteiger partial charge on any atom is -0.384 e. The van der Waals surface area contributed by atoms with Crippen molar-refractivity contribution in [2.24, 2.45) is 5.41 Å². The van der Waals surface area contributed by atoms with Crippen molar-refractivity contribution in [3.63, 3.8) is 0 Å². The normalized spacial score (nSPS) is 34.5. The van der Waals surface area contributed by atoms with E-state index >= 15 is 0 Å². The van der Waals surface area contributed by atoms with Crippen LogP contribution in [0.5, 0.6) is 0 Å². The van der Waals surface area contributed by atoms with Crippen LogP contribution < -0.4 is 4.68 Å². The number of aromatic nitrogens is 3. The van der Waals surface area contributed by atoms with Gasteiger partial charge in [-0.2, -0.15) is 9.36 Å². The van der Waals surface area contributed by atoms with E-state index < -0.39 is 22.7 Å². The molecule has 6 heteroatoms. The summed E-state index contributed by atoms with van der Waals surface area (Å²) in [6.07, 6.45) is 5.75. The van der Waals surface area contributed by atoms with Gasteiger partial charge < -0.3 is 10.2 Å². The summed E-state index contributed by atoms with van der Waals surface area (Å²) in [7, 11) is 0. The predicted molar refractivity (Wildman–Crippen MR) is 89.5 cm³/mol. The van der Waals surface area contributed by atoms with Crippen molar-refractivity contribution in [3.05, 3.63) is 47.5 Å². The van der Waals surface area contributed by atoms with Crippen LogP contribution in [0.2, 0.25) is 5.02 Å². The summed E-state index contributed by atoms with van der Waals surface area (Å²) in [5.74, 6) is 0. The first-order valence-corrected chi connectivity index (χ1v) is 8.78. The largest absolute Gasteiger partial charge is 0.384 e. The van der Waals surface area contributed by atoms with Crippen molar-refractivity contribution in [2.45, 2.75) is 56.9 Å². The number of fused-ring (bicyclic) bond motifs is 2. The summed E-state index contributed by atoms with van der Waals surface area (Å²) in [6.45, 7) is 4.42. The van der Waals surface area contributed by atoms with Crippen molar-refractivity contribution in [3.8, 4) is 0 Å². The molecule has 0 amide bonds. The van der Waals surface area contributed by atoms with Crippen molar-refractivity contribution in [1.29, 1.82) is 0 Å². The summed E-state index contributed by atoms with van der Waals surface area (Å²) in [4.78, 5) is 4.24. The van der Waals surface area contributed by atoms with Gasteiger partial charge >= 0.3 is 6.33 Å². The molecule has 1 aromatic heterocycles. The Morgan fingerprint density at radius 2 is 1.92 bits per heavy atom. The lowest BCUT2D eigenvalue weighted by atomic mass is 9.54. The third kappa shape index (κ3) is 1.95. The minimum absolute atomic E-state index is 0.334. The summed E-state index contributed by atoms with van der Waals surface area (Å²) < 4.78 is 3.83. The molecule has 5 nitrogen and oxygen atoms in total. The zero-order valence-corrected chi connectivity index (χ0v) is 14.7. The Kier molecular flexibility index (Phi) is 3.37. The maximum atomic E-state index is 11.8. The second kappa shape index (κ2) is 5.04. The monoisotopic (exact) mass is 348 g/mol. The van der Waals surface area contributed by atoms with E-state index in [1.165, 1.54) is 0 Å². The lowest BCUT2D eigenvalue weighted by molar-refractivity contribution is -0.807. The molecule has 3 atom stereocenters. The quantitative estimate of drug-likeness (QED) is 0.776. The van der Waals surface area contributed by atoms with Crippen LogP contribution in [0.1, 0.15) is 44.7 Å². The van der Waals surface area contributed by atoms with Crippen LogP contribution in [0.4, 0.5) is 0 Å². The first kappa shape index (κ1) is 16.1. The Morgan fingerprint density at radius 1 is 1.21 bits per heavy atom. The molecule has 0 saturated heterocycles. The van der Waals surface area contributed by atoms with Gasteiger partial charge in [-0.15, -0.1) is 0 Å². The highest BCUT2D eigenvalue weighted by Gasteiger charge is 2.68. The van der Waals surface area contributed by atoms with E-state index in [2.05, 4.69) is 4.98 Å². The number of benzene rings is 1. The van der Waals surface area contributed by atoms with E-state index in [1.807, 2.05) is 47.5 Å². The van der Waals surface area contributed by atoms with E-state index in [1.54, 1.807) is 12.7 Å². The van der Waals surface area contributed by atoms with Gasteiger partial charge in [-0.05, 0) is 41.9 Å². The summed E-state index contributed by atoms with van der Waals surface area (Å²) >= 11 is 6.04. The highest BCUT2D eigenvalue weighted by molar-refractivity contribution is 6.30. The molecule has 1 aromatic carbocycles.